The molecule has 0 spiro atoms. The molecule has 45 heavy (non-hydrogen) atoms. The van der Waals surface area contributed by atoms with Crippen molar-refractivity contribution in [2.45, 2.75) is 51.5 Å². The number of methoxy groups -OCH3 is 1. The minimum Gasteiger partial charge on any atom is -0.466 e. The second-order valence-corrected chi connectivity index (χ2v) is 11.6. The van der Waals surface area contributed by atoms with Crippen LogP contribution < -0.4 is 0 Å². The zero-order chi connectivity index (χ0) is 35.0. The Labute approximate surface area is 266 Å². The molecule has 1 saturated heterocycles. The average Bonchev–Trinajstić information content (AvgIpc) is 3.83. The summed E-state index contributed by atoms with van der Waals surface area (Å²) in [5.74, 6) is -1.89. The molecule has 2 rings (SSSR count). The number of aliphatic hydroxyl groups is 1. The third kappa shape index (κ3) is 24.0. The Balaban J connectivity index is 0. The van der Waals surface area contributed by atoms with Crippen molar-refractivity contribution in [3.63, 3.8) is 0 Å². The number of carbonyl (C=O) groups excluding carboxylic acids is 4. The highest BCUT2D eigenvalue weighted by molar-refractivity contribution is 7.91. The van der Waals surface area contributed by atoms with Gasteiger partial charge < -0.3 is 28.8 Å². The molecule has 0 aromatic heterocycles. The molecule has 12 nitrogen and oxygen atoms in total. The summed E-state index contributed by atoms with van der Waals surface area (Å²) in [5, 5.41) is 8.33. The zero-order valence-corrected chi connectivity index (χ0v) is 27.6. The summed E-state index contributed by atoms with van der Waals surface area (Å²) in [4.78, 5) is 42.6. The number of rotatable bonds is 14. The smallest absolute Gasteiger partial charge is 0.333 e. The summed E-state index contributed by atoms with van der Waals surface area (Å²) >= 11 is 0. The van der Waals surface area contributed by atoms with Gasteiger partial charge in [-0.2, -0.15) is 0 Å². The molecule has 1 aromatic rings. The first-order chi connectivity index (χ1) is 21.0. The normalized spacial score (nSPS) is 12.4. The molecule has 1 unspecified atom stereocenters. The molecule has 1 aliphatic rings. The van der Waals surface area contributed by atoms with Crippen molar-refractivity contribution in [3.05, 3.63) is 78.9 Å². The van der Waals surface area contributed by atoms with Crippen LogP contribution in [0, 0.1) is 6.92 Å². The van der Waals surface area contributed by atoms with Gasteiger partial charge in [0.05, 0.1) is 31.0 Å². The number of sulfone groups is 1. The van der Waals surface area contributed by atoms with Crippen LogP contribution in [0.5, 0.6) is 0 Å². The Morgan fingerprint density at radius 1 is 0.889 bits per heavy atom. The fourth-order valence-corrected chi connectivity index (χ4v) is 3.40. The number of epoxide rings is 1. The molecule has 0 saturated carbocycles. The van der Waals surface area contributed by atoms with Crippen LogP contribution in [0.25, 0.3) is 0 Å². The van der Waals surface area contributed by atoms with E-state index >= 15 is 0 Å². The van der Waals surface area contributed by atoms with Crippen LogP contribution in [0.15, 0.2) is 78.3 Å². The van der Waals surface area contributed by atoms with E-state index in [0.717, 1.165) is 11.6 Å². The van der Waals surface area contributed by atoms with E-state index in [1.54, 1.807) is 38.1 Å². The molecular weight excluding hydrogens is 608 g/mol. The van der Waals surface area contributed by atoms with Gasteiger partial charge in [-0.25, -0.2) is 27.6 Å². The van der Waals surface area contributed by atoms with Crippen LogP contribution in [0.3, 0.4) is 0 Å². The molecule has 1 N–H and O–H groups in total. The van der Waals surface area contributed by atoms with E-state index in [4.69, 9.17) is 19.3 Å². The minimum atomic E-state index is -3.41. The summed E-state index contributed by atoms with van der Waals surface area (Å²) in [6.07, 6.45) is 2.64. The van der Waals surface area contributed by atoms with Crippen molar-refractivity contribution in [3.8, 4) is 0 Å². The highest BCUT2D eigenvalue weighted by Crippen LogP contribution is 2.12. The molecule has 1 heterocycles. The van der Waals surface area contributed by atoms with Gasteiger partial charge in [0.25, 0.3) is 0 Å². The summed E-state index contributed by atoms with van der Waals surface area (Å²) < 4.78 is 47.0. The average molecular weight is 655 g/mol. The first-order valence-corrected chi connectivity index (χ1v) is 15.4. The lowest BCUT2D eigenvalue weighted by atomic mass is 10.2. The Hall–Kier alpha value is -4.07. The van der Waals surface area contributed by atoms with Gasteiger partial charge in [-0.3, -0.25) is 0 Å². The van der Waals surface area contributed by atoms with Crippen molar-refractivity contribution in [1.82, 2.24) is 0 Å². The number of aryl methyl sites for hydroxylation is 1. The number of benzene rings is 1. The van der Waals surface area contributed by atoms with E-state index in [0.29, 0.717) is 43.8 Å². The lowest BCUT2D eigenvalue weighted by Gasteiger charge is -2.06. The minimum absolute atomic E-state index is 0.142. The second kappa shape index (κ2) is 24.3. The van der Waals surface area contributed by atoms with E-state index < -0.39 is 21.8 Å². The van der Waals surface area contributed by atoms with Crippen LogP contribution in [0.2, 0.25) is 0 Å². The summed E-state index contributed by atoms with van der Waals surface area (Å²) in [5.41, 5.74) is 2.11. The molecule has 1 aliphatic heterocycles. The number of unbranched alkanes of at least 4 members (excludes halogenated alkanes) is 1. The van der Waals surface area contributed by atoms with Crippen molar-refractivity contribution in [2.24, 2.45) is 0 Å². The van der Waals surface area contributed by atoms with Gasteiger partial charge in [0.1, 0.15) is 19.3 Å². The SMILES string of the molecule is C=C(C)C(=O)OC.C=C(C)C(=O)OCC1CO1.C=C(C)C(=O)OCCS(=O)(=O)c1ccc(C)cc1.C=CC(=O)OCCCCO. The molecule has 1 atom stereocenters. The van der Waals surface area contributed by atoms with E-state index in [-0.39, 0.29) is 47.5 Å². The molecule has 252 valence electrons. The molecule has 0 bridgehead atoms. The number of ether oxygens (including phenoxy) is 5. The summed E-state index contributed by atoms with van der Waals surface area (Å²) in [6, 6.07) is 6.55. The molecule has 1 aromatic carbocycles. The van der Waals surface area contributed by atoms with Gasteiger partial charge >= 0.3 is 23.9 Å². The Morgan fingerprint density at radius 3 is 1.80 bits per heavy atom. The third-order valence-corrected chi connectivity index (χ3v) is 6.66. The second-order valence-electron chi connectivity index (χ2n) is 9.46. The number of aliphatic hydroxyl groups excluding tert-OH is 1. The number of hydrogen-bond acceptors (Lipinski definition) is 12. The topological polar surface area (TPSA) is 172 Å². The van der Waals surface area contributed by atoms with Gasteiger partial charge in [0.15, 0.2) is 9.84 Å². The van der Waals surface area contributed by atoms with Gasteiger partial charge in [-0.1, -0.05) is 44.0 Å². The highest BCUT2D eigenvalue weighted by atomic mass is 32.2. The molecule has 13 heteroatoms. The first kappa shape index (κ1) is 43.1. The number of hydrogen-bond donors (Lipinski definition) is 1. The standard InChI is InChI=1S/C13H16O4S.C7H10O3.C7H12O3.C5H8O2/c1-10(2)13(14)17-8-9-18(15,16)12-6-4-11(3)5-7-12;1-5(2)7(8)10-4-6-3-9-6;1-2-7(9)10-6-4-3-5-8;1-4(2)5(6)7-3/h4-7H,1,8-9H2,2-3H3;6H,1,3-4H2,2H3;2,8H,1,3-6H2;1H2,2-3H3. The predicted octanol–water partition coefficient (Wildman–Crippen LogP) is 3.62. The van der Waals surface area contributed by atoms with Gasteiger partial charge in [-0.05, 0) is 52.7 Å². The zero-order valence-electron chi connectivity index (χ0n) is 26.8. The number of carbonyl (C=O) groups is 4. The first-order valence-electron chi connectivity index (χ1n) is 13.7. The van der Waals surface area contributed by atoms with Crippen molar-refractivity contribution < 1.29 is 56.4 Å². The monoisotopic (exact) mass is 654 g/mol. The Kier molecular flexibility index (Phi) is 23.2. The fourth-order valence-electron chi connectivity index (χ4n) is 2.31. The van der Waals surface area contributed by atoms with Crippen LogP contribution in [-0.2, 0) is 52.7 Å². The Bertz CT molecular complexity index is 1240. The Morgan fingerprint density at radius 2 is 1.40 bits per heavy atom. The summed E-state index contributed by atoms with van der Waals surface area (Å²) in [7, 11) is -2.07. The predicted molar refractivity (Wildman–Crippen MR) is 169 cm³/mol. The number of esters is 4. The van der Waals surface area contributed by atoms with Crippen molar-refractivity contribution in [1.29, 1.82) is 0 Å². The quantitative estimate of drug-likeness (QED) is 0.102. The van der Waals surface area contributed by atoms with Gasteiger partial charge in [0, 0.05) is 29.4 Å². The highest BCUT2D eigenvalue weighted by Gasteiger charge is 2.24. The van der Waals surface area contributed by atoms with E-state index in [2.05, 4.69) is 35.8 Å². The van der Waals surface area contributed by atoms with Crippen molar-refractivity contribution in [2.75, 3.05) is 45.9 Å². The van der Waals surface area contributed by atoms with Gasteiger partial charge in [-0.15, -0.1) is 0 Å². The van der Waals surface area contributed by atoms with Crippen LogP contribution in [0.4, 0.5) is 0 Å². The molecule has 1 fully saturated rings. The molecular formula is C32H46O12S. The maximum absolute atomic E-state index is 11.9. The molecule has 0 aliphatic carbocycles. The van der Waals surface area contributed by atoms with Crippen LogP contribution >= 0.6 is 0 Å². The lowest BCUT2D eigenvalue weighted by Crippen LogP contribution is -2.15. The summed E-state index contributed by atoms with van der Waals surface area (Å²) in [6.45, 7) is 21.5. The van der Waals surface area contributed by atoms with Crippen LogP contribution in [0.1, 0.15) is 39.2 Å². The molecule has 0 radical (unpaired) electrons. The van der Waals surface area contributed by atoms with E-state index in [1.165, 1.54) is 14.0 Å². The third-order valence-electron chi connectivity index (χ3n) is 4.96. The van der Waals surface area contributed by atoms with Gasteiger partial charge in [0.2, 0.25) is 0 Å². The van der Waals surface area contributed by atoms with Crippen LogP contribution in [-0.4, -0.2) is 89.4 Å². The van der Waals surface area contributed by atoms with Crippen molar-refractivity contribution >= 4 is 33.7 Å². The largest absolute Gasteiger partial charge is 0.466 e. The molecule has 0 amide bonds. The lowest BCUT2D eigenvalue weighted by molar-refractivity contribution is -0.140. The van der Waals surface area contributed by atoms with E-state index in [9.17, 15) is 27.6 Å². The maximum Gasteiger partial charge on any atom is 0.333 e. The fraction of sp³-hybridized carbons (Fsp3) is 0.438. The van der Waals surface area contributed by atoms with E-state index in [1.807, 2.05) is 6.92 Å². The maximum atomic E-state index is 11.9.